The topological polar surface area (TPSA) is 60.9 Å². The molecule has 0 saturated heterocycles. The van der Waals surface area contributed by atoms with Crippen LogP contribution < -0.4 is 0 Å². The molecule has 7 heteroatoms. The minimum Gasteiger partial charge on any atom is -0.216 e. The molecule has 0 unspecified atom stereocenters. The SMILES string of the molecule is Cc1ccc(Cl)cc1-n1ncc2c1ncn1nc(-c3ccc(C(C)(C)C)cc3)nc21. The molecular formula is C23H21ClN6. The molecular weight excluding hydrogens is 396 g/mol. The number of aromatic nitrogens is 6. The van der Waals surface area contributed by atoms with E-state index in [1.807, 2.05) is 25.1 Å². The van der Waals surface area contributed by atoms with Crippen LogP contribution >= 0.6 is 11.6 Å². The van der Waals surface area contributed by atoms with Crippen molar-refractivity contribution in [3.8, 4) is 17.1 Å². The summed E-state index contributed by atoms with van der Waals surface area (Å²) in [7, 11) is 0. The maximum atomic E-state index is 6.20. The van der Waals surface area contributed by atoms with Gasteiger partial charge in [0.05, 0.1) is 17.3 Å². The second kappa shape index (κ2) is 6.64. The lowest BCUT2D eigenvalue weighted by molar-refractivity contribution is 0.590. The normalized spacial score (nSPS) is 12.2. The summed E-state index contributed by atoms with van der Waals surface area (Å²) in [4.78, 5) is 9.37. The highest BCUT2D eigenvalue weighted by Gasteiger charge is 2.17. The van der Waals surface area contributed by atoms with Crippen LogP contribution in [0.3, 0.4) is 0 Å². The zero-order chi connectivity index (χ0) is 21.0. The molecule has 0 spiro atoms. The third-order valence-corrected chi connectivity index (χ3v) is 5.55. The predicted molar refractivity (Wildman–Crippen MR) is 119 cm³/mol. The second-order valence-corrected chi connectivity index (χ2v) is 8.94. The quantitative estimate of drug-likeness (QED) is 0.387. The van der Waals surface area contributed by atoms with Gasteiger partial charge >= 0.3 is 0 Å². The van der Waals surface area contributed by atoms with Gasteiger partial charge in [-0.25, -0.2) is 19.2 Å². The largest absolute Gasteiger partial charge is 0.216 e. The van der Waals surface area contributed by atoms with Crippen molar-refractivity contribution in [2.45, 2.75) is 33.1 Å². The highest BCUT2D eigenvalue weighted by molar-refractivity contribution is 6.30. The minimum atomic E-state index is 0.105. The van der Waals surface area contributed by atoms with Gasteiger partial charge in [0.25, 0.3) is 0 Å². The maximum absolute atomic E-state index is 6.20. The van der Waals surface area contributed by atoms with Gasteiger partial charge in [-0.2, -0.15) is 5.10 Å². The van der Waals surface area contributed by atoms with E-state index in [1.165, 1.54) is 5.56 Å². The van der Waals surface area contributed by atoms with Crippen molar-refractivity contribution < 1.29 is 0 Å². The molecule has 0 amide bonds. The zero-order valence-corrected chi connectivity index (χ0v) is 18.0. The molecule has 0 saturated carbocycles. The fraction of sp³-hybridized carbons (Fsp3) is 0.217. The summed E-state index contributed by atoms with van der Waals surface area (Å²) in [6.07, 6.45) is 3.45. The minimum absolute atomic E-state index is 0.105. The Morgan fingerprint density at radius 3 is 2.47 bits per heavy atom. The number of aryl methyl sites for hydroxylation is 1. The van der Waals surface area contributed by atoms with Crippen molar-refractivity contribution in [2.24, 2.45) is 0 Å². The molecule has 0 aliphatic heterocycles. The van der Waals surface area contributed by atoms with Crippen LogP contribution in [0.15, 0.2) is 55.0 Å². The third-order valence-electron chi connectivity index (χ3n) is 5.31. The highest BCUT2D eigenvalue weighted by Crippen LogP contribution is 2.27. The average Bonchev–Trinajstić information content (AvgIpc) is 3.33. The lowest BCUT2D eigenvalue weighted by atomic mass is 9.87. The fourth-order valence-electron chi connectivity index (χ4n) is 3.55. The number of fused-ring (bicyclic) bond motifs is 3. The summed E-state index contributed by atoms with van der Waals surface area (Å²) in [6, 6.07) is 14.1. The van der Waals surface area contributed by atoms with E-state index in [1.54, 1.807) is 21.7 Å². The van der Waals surface area contributed by atoms with Gasteiger partial charge in [-0.3, -0.25) is 0 Å². The van der Waals surface area contributed by atoms with Gasteiger partial charge in [0.1, 0.15) is 6.33 Å². The van der Waals surface area contributed by atoms with E-state index >= 15 is 0 Å². The molecule has 6 nitrogen and oxygen atoms in total. The molecule has 0 N–H and O–H groups in total. The molecule has 0 fully saturated rings. The van der Waals surface area contributed by atoms with Crippen molar-refractivity contribution in [2.75, 3.05) is 0 Å². The van der Waals surface area contributed by atoms with E-state index in [-0.39, 0.29) is 5.41 Å². The van der Waals surface area contributed by atoms with Crippen molar-refractivity contribution in [1.29, 1.82) is 0 Å². The summed E-state index contributed by atoms with van der Waals surface area (Å²) in [6.45, 7) is 8.63. The van der Waals surface area contributed by atoms with E-state index in [0.29, 0.717) is 10.8 Å². The maximum Gasteiger partial charge on any atom is 0.182 e. The van der Waals surface area contributed by atoms with E-state index in [9.17, 15) is 0 Å². The Hall–Kier alpha value is -3.25. The van der Waals surface area contributed by atoms with Crippen molar-refractivity contribution in [3.63, 3.8) is 0 Å². The Kier molecular flexibility index (Phi) is 4.15. The Balaban J connectivity index is 1.63. The van der Waals surface area contributed by atoms with Crippen LogP contribution in [-0.4, -0.2) is 29.4 Å². The van der Waals surface area contributed by atoms with Crippen molar-refractivity contribution in [1.82, 2.24) is 29.4 Å². The lowest BCUT2D eigenvalue weighted by Crippen LogP contribution is -2.10. The molecule has 3 heterocycles. The summed E-state index contributed by atoms with van der Waals surface area (Å²) in [5.41, 5.74) is 5.75. The summed E-state index contributed by atoms with van der Waals surface area (Å²) < 4.78 is 3.50. The van der Waals surface area contributed by atoms with E-state index in [4.69, 9.17) is 16.6 Å². The molecule has 0 aliphatic rings. The highest BCUT2D eigenvalue weighted by atomic mass is 35.5. The number of hydrogen-bond donors (Lipinski definition) is 0. The van der Waals surface area contributed by atoms with Crippen LogP contribution in [0.2, 0.25) is 5.02 Å². The first-order valence-corrected chi connectivity index (χ1v) is 10.2. The standard InChI is InChI=1S/C23H21ClN6/c1-14-5-10-17(24)11-19(14)30-21-18(12-26-30)22-27-20(28-29(22)13-25-21)15-6-8-16(9-7-15)23(2,3)4/h5-13H,1-4H3. The molecule has 3 aromatic heterocycles. The molecule has 30 heavy (non-hydrogen) atoms. The van der Waals surface area contributed by atoms with Gasteiger partial charge in [-0.15, -0.1) is 5.10 Å². The third kappa shape index (κ3) is 3.04. The Morgan fingerprint density at radius 2 is 1.73 bits per heavy atom. The van der Waals surface area contributed by atoms with Crippen LogP contribution in [0.1, 0.15) is 31.9 Å². The Labute approximate surface area is 179 Å². The van der Waals surface area contributed by atoms with E-state index < -0.39 is 0 Å². The van der Waals surface area contributed by atoms with Gasteiger partial charge in [0.15, 0.2) is 17.1 Å². The summed E-state index contributed by atoms with van der Waals surface area (Å²) in [5, 5.41) is 10.7. The average molecular weight is 417 g/mol. The number of nitrogens with zero attached hydrogens (tertiary/aromatic N) is 6. The van der Waals surface area contributed by atoms with Crippen LogP contribution in [0.5, 0.6) is 0 Å². The number of benzene rings is 2. The van der Waals surface area contributed by atoms with Crippen molar-refractivity contribution in [3.05, 3.63) is 71.1 Å². The second-order valence-electron chi connectivity index (χ2n) is 8.50. The summed E-state index contributed by atoms with van der Waals surface area (Å²) in [5.74, 6) is 0.663. The number of rotatable bonds is 2. The first kappa shape index (κ1) is 18.8. The molecule has 5 aromatic rings. The van der Waals surface area contributed by atoms with Gasteiger partial charge in [0, 0.05) is 10.6 Å². The Bertz CT molecular complexity index is 1390. The summed E-state index contributed by atoms with van der Waals surface area (Å²) >= 11 is 6.20. The van der Waals surface area contributed by atoms with Crippen LogP contribution in [0.25, 0.3) is 33.8 Å². The fourth-order valence-corrected chi connectivity index (χ4v) is 3.72. The van der Waals surface area contributed by atoms with Gasteiger partial charge < -0.3 is 0 Å². The van der Waals surface area contributed by atoms with Gasteiger partial charge in [-0.1, -0.05) is 62.7 Å². The van der Waals surface area contributed by atoms with E-state index in [0.717, 1.165) is 33.5 Å². The molecule has 0 atom stereocenters. The Morgan fingerprint density at radius 1 is 0.967 bits per heavy atom. The molecule has 0 aliphatic carbocycles. The van der Waals surface area contributed by atoms with Crippen LogP contribution in [0, 0.1) is 6.92 Å². The molecule has 5 rings (SSSR count). The lowest BCUT2D eigenvalue weighted by Gasteiger charge is -2.18. The molecule has 150 valence electrons. The first-order chi connectivity index (χ1) is 14.3. The van der Waals surface area contributed by atoms with Gasteiger partial charge in [0.2, 0.25) is 0 Å². The monoisotopic (exact) mass is 416 g/mol. The first-order valence-electron chi connectivity index (χ1n) is 9.78. The van der Waals surface area contributed by atoms with Crippen LogP contribution in [0.4, 0.5) is 0 Å². The zero-order valence-electron chi connectivity index (χ0n) is 17.3. The van der Waals surface area contributed by atoms with Gasteiger partial charge in [-0.05, 0) is 35.6 Å². The van der Waals surface area contributed by atoms with Crippen LogP contribution in [-0.2, 0) is 5.41 Å². The molecule has 0 bridgehead atoms. The van der Waals surface area contributed by atoms with E-state index in [2.05, 4.69) is 60.2 Å². The molecule has 2 aromatic carbocycles. The molecule has 0 radical (unpaired) electrons. The number of halogens is 1. The smallest absolute Gasteiger partial charge is 0.182 e. The predicted octanol–water partition coefficient (Wildman–Crippen LogP) is 5.39. The van der Waals surface area contributed by atoms with Crippen molar-refractivity contribution >= 4 is 28.3 Å². The number of hydrogen-bond acceptors (Lipinski definition) is 4.